The van der Waals surface area contributed by atoms with Gasteiger partial charge in [0.15, 0.2) is 0 Å². The van der Waals surface area contributed by atoms with Gasteiger partial charge in [0, 0.05) is 6.04 Å². The van der Waals surface area contributed by atoms with E-state index in [0.717, 1.165) is 0 Å². The largest absolute Gasteiger partial charge is 4.00 e. The molecule has 0 heterocycles. The minimum absolute atomic E-state index is 0. The van der Waals surface area contributed by atoms with Gasteiger partial charge in [0.2, 0.25) is 0 Å². The van der Waals surface area contributed by atoms with Crippen molar-refractivity contribution in [3.8, 4) is 5.92 Å². The second-order valence-corrected chi connectivity index (χ2v) is 13.0. The zero-order valence-corrected chi connectivity index (χ0v) is 38.7. The van der Waals surface area contributed by atoms with Crippen LogP contribution in [0, 0.1) is 141 Å². The van der Waals surface area contributed by atoms with Gasteiger partial charge in [-0.1, -0.05) is 141 Å². The first-order valence-electron chi connectivity index (χ1n) is 19.5. The van der Waals surface area contributed by atoms with E-state index < -0.39 is 6.15 Å². The standard InChI is InChI=1S/C24H20B.C7H12N.4C5H5.C3H3.2Zr/c1-5-13-21(14-6-1)25(22-15-7-2-8-16-22,23-17-9-3-10-18-23)24-19-11-4-12-20-24;1-8-7-5-3-2-4-6-7;4*1-2-4-5-3-1;1-3-2;;/h1-20H;1,7H,2-6H2;4*1-5H;1H3;;/q2*-1;;;;;-1;+3;+4. The Morgan fingerprint density at radius 3 is 0.776 bits per heavy atom. The first-order chi connectivity index (χ1) is 27.8. The first kappa shape index (κ1) is 54.0. The molecule has 0 saturated heterocycles. The van der Waals surface area contributed by atoms with E-state index in [-0.39, 0.29) is 52.4 Å². The van der Waals surface area contributed by atoms with E-state index >= 15 is 0 Å². The number of benzene rings is 4. The monoisotopic (exact) mass is 908 g/mol. The van der Waals surface area contributed by atoms with Gasteiger partial charge in [-0.3, -0.25) is 0 Å². The molecule has 21 radical (unpaired) electrons. The van der Waals surface area contributed by atoms with E-state index in [4.69, 9.17) is 13.1 Å². The maximum absolute atomic E-state index is 5.96. The van der Waals surface area contributed by atoms with Gasteiger partial charge >= 0.3 is 52.4 Å². The molecule has 283 valence electrons. The molecule has 0 aliphatic heterocycles. The second kappa shape index (κ2) is 36.8. The molecule has 5 aliphatic carbocycles. The number of hydrogen-bond acceptors (Lipinski definition) is 1. The summed E-state index contributed by atoms with van der Waals surface area (Å²) in [5.74, 6) is 2.00. The molecule has 9 rings (SSSR count). The van der Waals surface area contributed by atoms with Crippen molar-refractivity contribution in [2.75, 3.05) is 0 Å². The molecule has 58 heavy (non-hydrogen) atoms. The van der Waals surface area contributed by atoms with Crippen LogP contribution in [-0.4, -0.2) is 18.9 Å². The summed E-state index contributed by atoms with van der Waals surface area (Å²) in [6.07, 6.45) is 51.2. The number of rotatable bonds is 5. The summed E-state index contributed by atoms with van der Waals surface area (Å²) in [5, 5.41) is 0. The van der Waals surface area contributed by atoms with Crippen LogP contribution in [0.1, 0.15) is 39.0 Å². The maximum Gasteiger partial charge on any atom is 4.00 e. The van der Waals surface area contributed by atoms with Gasteiger partial charge in [0.1, 0.15) is 6.15 Å². The maximum atomic E-state index is 5.96. The molecule has 0 aromatic heterocycles. The molecule has 1 nitrogen and oxygen atoms in total. The van der Waals surface area contributed by atoms with E-state index in [9.17, 15) is 0 Å². The zero-order chi connectivity index (χ0) is 39.6. The van der Waals surface area contributed by atoms with Crippen molar-refractivity contribution in [2.24, 2.45) is 4.99 Å². The van der Waals surface area contributed by atoms with E-state index in [2.05, 4.69) is 126 Å². The molecule has 4 aromatic carbocycles. The Bertz CT molecular complexity index is 1270. The van der Waals surface area contributed by atoms with Gasteiger partial charge in [0.25, 0.3) is 0 Å². The average molecular weight is 911 g/mol. The summed E-state index contributed by atoms with van der Waals surface area (Å²) in [6, 6.07) is 44.0. The molecule has 4 heteroatoms. The van der Waals surface area contributed by atoms with Crippen molar-refractivity contribution in [1.29, 1.82) is 0 Å². The third-order valence-corrected chi connectivity index (χ3v) is 9.21. The van der Waals surface area contributed by atoms with Gasteiger partial charge < -0.3 is 24.1 Å². The molecule has 0 unspecified atom stereocenters. The van der Waals surface area contributed by atoms with Crippen molar-refractivity contribution < 1.29 is 52.4 Å². The second-order valence-electron chi connectivity index (χ2n) is 13.0. The van der Waals surface area contributed by atoms with Crippen LogP contribution in [0.4, 0.5) is 0 Å². The predicted octanol–water partition coefficient (Wildman–Crippen LogP) is 9.64. The van der Waals surface area contributed by atoms with Crippen LogP contribution in [-0.2, 0) is 52.4 Å². The fourth-order valence-corrected chi connectivity index (χ4v) is 6.63. The summed E-state index contributed by atoms with van der Waals surface area (Å²) in [6.45, 7) is 6.67. The number of hydrogen-bond donors (Lipinski definition) is 0. The van der Waals surface area contributed by atoms with Gasteiger partial charge in [0.05, 0.1) is 0 Å². The smallest absolute Gasteiger partial charge is 0.694 e. The third-order valence-electron chi connectivity index (χ3n) is 9.21. The first-order valence-corrected chi connectivity index (χ1v) is 19.5. The average Bonchev–Trinajstić information content (AvgIpc) is 4.15. The Morgan fingerprint density at radius 1 is 0.431 bits per heavy atom. The van der Waals surface area contributed by atoms with Crippen LogP contribution in [0.3, 0.4) is 0 Å². The van der Waals surface area contributed by atoms with E-state index in [1.807, 2.05) is 134 Å². The Kier molecular flexibility index (Phi) is 34.2. The fraction of sp³-hybridized carbons (Fsp3) is 0.130. The summed E-state index contributed by atoms with van der Waals surface area (Å²) in [4.78, 5) is 3.75. The van der Waals surface area contributed by atoms with Gasteiger partial charge in [-0.2, -0.15) is 21.9 Å². The molecular formula is C54H55BNZr2+4. The Morgan fingerprint density at radius 2 is 0.621 bits per heavy atom. The molecule has 4 aromatic rings. The molecule has 0 bridgehead atoms. The van der Waals surface area contributed by atoms with E-state index in [0.29, 0.717) is 6.04 Å². The minimum Gasteiger partial charge on any atom is -0.694 e. The number of aliphatic imine (C=N–C) groups is 1. The fourth-order valence-electron chi connectivity index (χ4n) is 6.63. The Labute approximate surface area is 396 Å². The van der Waals surface area contributed by atoms with Crippen molar-refractivity contribution in [2.45, 2.75) is 45.1 Å². The van der Waals surface area contributed by atoms with Gasteiger partial charge in [-0.25, -0.2) is 0 Å². The third kappa shape index (κ3) is 21.5. The van der Waals surface area contributed by atoms with E-state index in [1.54, 1.807) is 6.92 Å². The van der Waals surface area contributed by atoms with Crippen molar-refractivity contribution >= 4 is 34.7 Å². The summed E-state index contributed by atoms with van der Waals surface area (Å²) >= 11 is 0. The minimum atomic E-state index is -1.22. The van der Waals surface area contributed by atoms with E-state index in [1.165, 1.54) is 54.0 Å². The predicted molar refractivity (Wildman–Crippen MR) is 244 cm³/mol. The van der Waals surface area contributed by atoms with Crippen molar-refractivity contribution in [3.63, 3.8) is 0 Å². The molecule has 0 spiro atoms. The molecule has 0 atom stereocenters. The van der Waals surface area contributed by atoms with Crippen LogP contribution in [0.2, 0.25) is 0 Å². The molecule has 0 amide bonds. The topological polar surface area (TPSA) is 12.4 Å². The molecular weight excluding hydrogens is 856 g/mol. The summed E-state index contributed by atoms with van der Waals surface area (Å²) in [7, 11) is 0. The van der Waals surface area contributed by atoms with Crippen molar-refractivity contribution in [1.82, 2.24) is 0 Å². The molecule has 5 saturated carbocycles. The summed E-state index contributed by atoms with van der Waals surface area (Å²) in [5.41, 5.74) is 5.36. The number of nitrogens with zero attached hydrogens (tertiary/aromatic N) is 1. The normalized spacial score (nSPS) is 16.4. The van der Waals surface area contributed by atoms with Crippen LogP contribution < -0.4 is 21.9 Å². The zero-order valence-electron chi connectivity index (χ0n) is 33.8. The van der Waals surface area contributed by atoms with Crippen LogP contribution in [0.15, 0.2) is 126 Å². The molecule has 5 fully saturated rings. The van der Waals surface area contributed by atoms with Gasteiger partial charge in [-0.15, -0.1) is 0 Å². The van der Waals surface area contributed by atoms with Crippen molar-refractivity contribution in [3.05, 3.63) is 256 Å². The van der Waals surface area contributed by atoms with Crippen LogP contribution in [0.5, 0.6) is 0 Å². The van der Waals surface area contributed by atoms with Crippen LogP contribution >= 0.6 is 0 Å². The Balaban J connectivity index is 0.000000412. The SMILES string of the molecule is [C-]#CC.[CH-]=NC1CCCCC1.[CH]1[CH][CH][CH][CH]1.[CH]1[CH][CH][CH][CH]1.[CH]1[CH][CH][CH][CH]1.[CH]1[CH][CH][CH][CH]1.[Zr+3].[Zr+4].c1ccc([B-](c2ccccc2)(c2ccccc2)c2ccccc2)cc1. The quantitative estimate of drug-likeness (QED) is 0.0820. The summed E-state index contributed by atoms with van der Waals surface area (Å²) < 4.78 is 0. The van der Waals surface area contributed by atoms with Gasteiger partial charge in [-0.05, 0) is 148 Å². The molecule has 5 aliphatic rings. The Hall–Kier alpha value is -2.06. The molecule has 0 N–H and O–H groups in total. The van der Waals surface area contributed by atoms with Crippen LogP contribution in [0.25, 0.3) is 0 Å².